The van der Waals surface area contributed by atoms with Crippen molar-refractivity contribution in [2.45, 2.75) is 13.0 Å². The number of aryl methyl sites for hydroxylation is 1. The number of carbonyl (C=O) groups excluding carboxylic acids is 1. The number of imidazole rings is 1. The van der Waals surface area contributed by atoms with Gasteiger partial charge in [-0.3, -0.25) is 18.7 Å². The van der Waals surface area contributed by atoms with Gasteiger partial charge in [-0.2, -0.15) is 0 Å². The lowest BCUT2D eigenvalue weighted by Gasteiger charge is -2.08. The van der Waals surface area contributed by atoms with Gasteiger partial charge in [0.15, 0.2) is 11.2 Å². The largest absolute Gasteiger partial charge is 0.354 e. The molecule has 0 bridgehead atoms. The van der Waals surface area contributed by atoms with Crippen LogP contribution in [-0.4, -0.2) is 31.1 Å². The fraction of sp³-hybridized carbons (Fsp3) is 0.294. The van der Waals surface area contributed by atoms with Crippen molar-refractivity contribution in [3.8, 4) is 0 Å². The van der Waals surface area contributed by atoms with Crippen LogP contribution in [0.2, 0.25) is 5.02 Å². The van der Waals surface area contributed by atoms with Crippen molar-refractivity contribution in [2.75, 3.05) is 6.54 Å². The summed E-state index contributed by atoms with van der Waals surface area (Å²) in [5, 5.41) is 3.48. The summed E-state index contributed by atoms with van der Waals surface area (Å²) < 4.78 is 3.74. The third-order valence-electron chi connectivity index (χ3n) is 4.18. The van der Waals surface area contributed by atoms with E-state index in [0.717, 1.165) is 10.1 Å². The molecule has 0 fully saturated rings. The molecule has 0 radical (unpaired) electrons. The number of carbonyl (C=O) groups is 1. The first kappa shape index (κ1) is 17.9. The van der Waals surface area contributed by atoms with Crippen LogP contribution in [0.1, 0.15) is 5.56 Å². The molecule has 0 atom stereocenters. The number of hydrogen-bond donors (Lipinski definition) is 1. The summed E-state index contributed by atoms with van der Waals surface area (Å²) in [6.45, 7) is 0.411. The lowest BCUT2D eigenvalue weighted by Crippen LogP contribution is -2.38. The molecule has 2 aromatic heterocycles. The van der Waals surface area contributed by atoms with E-state index >= 15 is 0 Å². The zero-order valence-corrected chi connectivity index (χ0v) is 15.2. The van der Waals surface area contributed by atoms with E-state index in [2.05, 4.69) is 10.3 Å². The quantitative estimate of drug-likeness (QED) is 0.700. The predicted octanol–water partition coefficient (Wildman–Crippen LogP) is 0.446. The topological polar surface area (TPSA) is 90.9 Å². The SMILES string of the molecule is Cn1c(=O)c2c(ncn2CC(=O)NCCc2ccc(Cl)cc2)n(C)c1=O. The van der Waals surface area contributed by atoms with Gasteiger partial charge >= 0.3 is 5.69 Å². The minimum absolute atomic E-state index is 0.0510. The average Bonchev–Trinajstić information content (AvgIpc) is 3.03. The highest BCUT2D eigenvalue weighted by molar-refractivity contribution is 6.30. The Bertz CT molecular complexity index is 1080. The van der Waals surface area contributed by atoms with Gasteiger partial charge in [-0.1, -0.05) is 23.7 Å². The molecule has 3 rings (SSSR count). The van der Waals surface area contributed by atoms with Crippen molar-refractivity contribution >= 4 is 28.7 Å². The monoisotopic (exact) mass is 375 g/mol. The maximum atomic E-state index is 12.3. The second-order valence-corrected chi connectivity index (χ2v) is 6.41. The highest BCUT2D eigenvalue weighted by Crippen LogP contribution is 2.09. The Labute approximate surface area is 153 Å². The molecule has 2 heterocycles. The Balaban J connectivity index is 1.71. The van der Waals surface area contributed by atoms with Gasteiger partial charge in [0.05, 0.1) is 6.33 Å². The van der Waals surface area contributed by atoms with Crippen LogP contribution in [0, 0.1) is 0 Å². The molecule has 26 heavy (non-hydrogen) atoms. The van der Waals surface area contributed by atoms with Crippen LogP contribution < -0.4 is 16.6 Å². The normalized spacial score (nSPS) is 11.0. The van der Waals surface area contributed by atoms with Gasteiger partial charge in [-0.25, -0.2) is 9.78 Å². The maximum absolute atomic E-state index is 12.3. The number of rotatable bonds is 5. The Morgan fingerprint density at radius 2 is 1.85 bits per heavy atom. The van der Waals surface area contributed by atoms with Gasteiger partial charge in [-0.15, -0.1) is 0 Å². The number of hydrogen-bond acceptors (Lipinski definition) is 4. The average molecular weight is 376 g/mol. The molecule has 1 N–H and O–H groups in total. The zero-order chi connectivity index (χ0) is 18.8. The molecule has 1 amide bonds. The number of halogens is 1. The smallest absolute Gasteiger partial charge is 0.332 e. The van der Waals surface area contributed by atoms with Crippen molar-refractivity contribution in [2.24, 2.45) is 14.1 Å². The Hall–Kier alpha value is -2.87. The maximum Gasteiger partial charge on any atom is 0.332 e. The number of nitrogens with one attached hydrogen (secondary N) is 1. The molecular weight excluding hydrogens is 358 g/mol. The lowest BCUT2D eigenvalue weighted by atomic mass is 10.1. The minimum atomic E-state index is -0.477. The van der Waals surface area contributed by atoms with Gasteiger partial charge in [0, 0.05) is 25.7 Å². The minimum Gasteiger partial charge on any atom is -0.354 e. The Morgan fingerprint density at radius 3 is 2.54 bits per heavy atom. The van der Waals surface area contributed by atoms with Gasteiger partial charge in [0.2, 0.25) is 5.91 Å². The van der Waals surface area contributed by atoms with Gasteiger partial charge in [-0.05, 0) is 24.1 Å². The van der Waals surface area contributed by atoms with E-state index in [4.69, 9.17) is 11.6 Å². The summed E-state index contributed by atoms with van der Waals surface area (Å²) in [4.78, 5) is 40.5. The summed E-state index contributed by atoms with van der Waals surface area (Å²) >= 11 is 5.84. The summed E-state index contributed by atoms with van der Waals surface area (Å²) in [5.41, 5.74) is 0.607. The van der Waals surface area contributed by atoms with Gasteiger partial charge in [0.25, 0.3) is 5.56 Å². The van der Waals surface area contributed by atoms with E-state index in [9.17, 15) is 14.4 Å². The lowest BCUT2D eigenvalue weighted by molar-refractivity contribution is -0.121. The molecule has 0 saturated heterocycles. The Morgan fingerprint density at radius 1 is 1.15 bits per heavy atom. The predicted molar refractivity (Wildman–Crippen MR) is 98.4 cm³/mol. The number of aromatic nitrogens is 4. The van der Waals surface area contributed by atoms with Gasteiger partial charge in [0.1, 0.15) is 6.54 Å². The van der Waals surface area contributed by atoms with Crippen LogP contribution in [0.15, 0.2) is 40.2 Å². The fourth-order valence-corrected chi connectivity index (χ4v) is 2.85. The van der Waals surface area contributed by atoms with Crippen molar-refractivity contribution in [1.29, 1.82) is 0 Å². The summed E-state index contributed by atoms with van der Waals surface area (Å²) in [7, 11) is 2.93. The zero-order valence-electron chi connectivity index (χ0n) is 14.4. The van der Waals surface area contributed by atoms with Crippen LogP contribution >= 0.6 is 11.6 Å². The van der Waals surface area contributed by atoms with E-state index in [0.29, 0.717) is 18.0 Å². The first-order valence-electron chi connectivity index (χ1n) is 8.00. The molecular formula is C17H18ClN5O3. The van der Waals surface area contributed by atoms with E-state index in [-0.39, 0.29) is 23.6 Å². The molecule has 0 aliphatic carbocycles. The van der Waals surface area contributed by atoms with Crippen molar-refractivity contribution in [1.82, 2.24) is 24.0 Å². The molecule has 136 valence electrons. The van der Waals surface area contributed by atoms with Crippen LogP contribution in [0.4, 0.5) is 0 Å². The summed E-state index contributed by atoms with van der Waals surface area (Å²) in [6, 6.07) is 7.41. The summed E-state index contributed by atoms with van der Waals surface area (Å²) in [5.74, 6) is -0.242. The first-order chi connectivity index (χ1) is 12.4. The second kappa shape index (κ2) is 7.17. The summed E-state index contributed by atoms with van der Waals surface area (Å²) in [6.07, 6.45) is 2.06. The van der Waals surface area contributed by atoms with Crippen LogP contribution in [0.3, 0.4) is 0 Å². The molecule has 0 spiro atoms. The third-order valence-corrected chi connectivity index (χ3v) is 4.43. The molecule has 0 aliphatic rings. The van der Waals surface area contributed by atoms with Crippen molar-refractivity contribution < 1.29 is 4.79 Å². The number of fused-ring (bicyclic) bond motifs is 1. The van der Waals surface area contributed by atoms with Gasteiger partial charge < -0.3 is 9.88 Å². The van der Waals surface area contributed by atoms with E-state index in [1.165, 1.54) is 29.6 Å². The molecule has 0 unspecified atom stereocenters. The van der Waals surface area contributed by atoms with Crippen LogP contribution in [-0.2, 0) is 31.9 Å². The molecule has 3 aromatic rings. The van der Waals surface area contributed by atoms with E-state index in [1.54, 1.807) is 12.1 Å². The number of nitrogens with zero attached hydrogens (tertiary/aromatic N) is 4. The van der Waals surface area contributed by atoms with Crippen molar-refractivity contribution in [3.63, 3.8) is 0 Å². The first-order valence-corrected chi connectivity index (χ1v) is 8.38. The number of amides is 1. The van der Waals surface area contributed by atoms with E-state index < -0.39 is 11.2 Å². The third kappa shape index (κ3) is 3.41. The van der Waals surface area contributed by atoms with Crippen LogP contribution in [0.5, 0.6) is 0 Å². The highest BCUT2D eigenvalue weighted by Gasteiger charge is 2.15. The van der Waals surface area contributed by atoms with Crippen LogP contribution in [0.25, 0.3) is 11.2 Å². The van der Waals surface area contributed by atoms with E-state index in [1.807, 2.05) is 12.1 Å². The standard InChI is InChI=1S/C17H18ClN5O3/c1-21-15-14(16(25)22(2)17(21)26)23(10-20-15)9-13(24)19-8-7-11-3-5-12(18)6-4-11/h3-6,10H,7-9H2,1-2H3,(H,19,24). The number of benzene rings is 1. The molecule has 0 aliphatic heterocycles. The second-order valence-electron chi connectivity index (χ2n) is 5.98. The molecule has 0 saturated carbocycles. The molecule has 9 heteroatoms. The van der Waals surface area contributed by atoms with Crippen molar-refractivity contribution in [3.05, 3.63) is 62.0 Å². The molecule has 8 nitrogen and oxygen atoms in total. The fourth-order valence-electron chi connectivity index (χ4n) is 2.72. The Kier molecular flexibility index (Phi) is 4.94. The highest BCUT2D eigenvalue weighted by atomic mass is 35.5. The molecule has 1 aromatic carbocycles.